The Morgan fingerprint density at radius 1 is 0.914 bits per heavy atom. The van der Waals surface area contributed by atoms with E-state index in [0.29, 0.717) is 23.4 Å². The van der Waals surface area contributed by atoms with E-state index in [9.17, 15) is 39.6 Å². The van der Waals surface area contributed by atoms with Gasteiger partial charge in [0.2, 0.25) is 5.91 Å². The second kappa shape index (κ2) is 10.4. The van der Waals surface area contributed by atoms with E-state index in [-0.39, 0.29) is 16.7 Å². The summed E-state index contributed by atoms with van der Waals surface area (Å²) in [5.74, 6) is -0.549. The smallest absolute Gasteiger partial charge is 0.366 e. The number of amides is 1. The van der Waals surface area contributed by atoms with Crippen LogP contribution in [0.15, 0.2) is 59.6 Å². The highest BCUT2D eigenvalue weighted by molar-refractivity contribution is 7.85. The Balaban J connectivity index is 0.000000328. The van der Waals surface area contributed by atoms with E-state index in [4.69, 9.17) is 33.5 Å². The summed E-state index contributed by atoms with van der Waals surface area (Å²) < 4.78 is 107. The summed E-state index contributed by atoms with van der Waals surface area (Å²) >= 11 is 11.2. The van der Waals surface area contributed by atoms with Crippen LogP contribution in [0.2, 0.25) is 10.0 Å². The molecule has 3 aromatic rings. The number of primary amides is 1. The lowest BCUT2D eigenvalue weighted by Crippen LogP contribution is -2.12. The molecule has 0 aliphatic rings. The monoisotopic (exact) mass is 560 g/mol. The second-order valence-corrected chi connectivity index (χ2v) is 8.86. The molecule has 0 aliphatic heterocycles. The number of nitrogens with two attached hydrogens (primary N) is 1. The van der Waals surface area contributed by atoms with Gasteiger partial charge in [-0.3, -0.25) is 14.3 Å². The van der Waals surface area contributed by atoms with Crippen LogP contribution in [0.1, 0.15) is 21.5 Å². The van der Waals surface area contributed by atoms with Gasteiger partial charge < -0.3 is 5.73 Å². The van der Waals surface area contributed by atoms with Crippen molar-refractivity contribution in [2.75, 3.05) is 0 Å². The zero-order valence-corrected chi connectivity index (χ0v) is 19.2. The van der Waals surface area contributed by atoms with Gasteiger partial charge in [-0.1, -0.05) is 29.3 Å². The molecule has 1 amide bonds. The largest absolute Gasteiger partial charge is 0.417 e. The van der Waals surface area contributed by atoms with Crippen LogP contribution in [-0.2, 0) is 22.5 Å². The zero-order valence-electron chi connectivity index (χ0n) is 16.8. The van der Waals surface area contributed by atoms with E-state index in [1.807, 2.05) is 0 Å². The fourth-order valence-electron chi connectivity index (χ4n) is 2.56. The number of alkyl halides is 6. The number of pyridine rings is 1. The molecule has 1 aromatic heterocycles. The first-order valence-electron chi connectivity index (χ1n) is 8.88. The van der Waals surface area contributed by atoms with Crippen LogP contribution in [-0.4, -0.2) is 23.9 Å². The highest BCUT2D eigenvalue weighted by Crippen LogP contribution is 2.40. The van der Waals surface area contributed by atoms with Crippen LogP contribution in [0.4, 0.5) is 26.3 Å². The molecular formula is C20H12Cl2F6N2O4S. The van der Waals surface area contributed by atoms with Crippen LogP contribution in [0, 0.1) is 0 Å². The maximum Gasteiger partial charge on any atom is 0.417 e. The van der Waals surface area contributed by atoms with E-state index in [1.165, 1.54) is 12.1 Å². The van der Waals surface area contributed by atoms with Crippen molar-refractivity contribution in [3.63, 3.8) is 0 Å². The Morgan fingerprint density at radius 2 is 1.54 bits per heavy atom. The molecular weight excluding hydrogens is 549 g/mol. The number of rotatable bonds is 3. The third kappa shape index (κ3) is 7.56. The minimum Gasteiger partial charge on any atom is -0.366 e. The number of benzene rings is 2. The summed E-state index contributed by atoms with van der Waals surface area (Å²) in [6.07, 6.45) is -9.44. The predicted octanol–water partition coefficient (Wildman–Crippen LogP) is 6.13. The number of hydrogen-bond acceptors (Lipinski definition) is 4. The van der Waals surface area contributed by atoms with Gasteiger partial charge in [0.1, 0.15) is 4.90 Å². The number of carbonyl (C=O) groups excluding carboxylic acids is 1. The highest BCUT2D eigenvalue weighted by atomic mass is 35.5. The molecule has 0 atom stereocenters. The molecule has 0 fully saturated rings. The molecule has 3 rings (SSSR count). The van der Waals surface area contributed by atoms with Crippen molar-refractivity contribution in [3.8, 4) is 11.3 Å². The van der Waals surface area contributed by atoms with E-state index in [0.717, 1.165) is 12.1 Å². The van der Waals surface area contributed by atoms with Crippen LogP contribution in [0.25, 0.3) is 11.3 Å². The Labute approximate surface area is 204 Å². The Morgan fingerprint density at radius 3 is 1.97 bits per heavy atom. The lowest BCUT2D eigenvalue weighted by atomic mass is 10.00. The number of nitrogens with zero attached hydrogens (tertiary/aromatic N) is 1. The molecule has 0 unspecified atom stereocenters. The van der Waals surface area contributed by atoms with Crippen molar-refractivity contribution in [2.24, 2.45) is 5.73 Å². The van der Waals surface area contributed by atoms with Crippen LogP contribution in [0.3, 0.4) is 0 Å². The third-order valence-electron chi connectivity index (χ3n) is 4.16. The van der Waals surface area contributed by atoms with E-state index in [2.05, 4.69) is 4.98 Å². The molecule has 0 aliphatic carbocycles. The Kier molecular flexibility index (Phi) is 8.43. The fourth-order valence-corrected chi connectivity index (χ4v) is 3.49. The van der Waals surface area contributed by atoms with Gasteiger partial charge in [0.25, 0.3) is 10.1 Å². The quantitative estimate of drug-likeness (QED) is 0.296. The van der Waals surface area contributed by atoms with Crippen molar-refractivity contribution in [1.82, 2.24) is 4.98 Å². The first-order valence-corrected chi connectivity index (χ1v) is 11.1. The summed E-state index contributed by atoms with van der Waals surface area (Å²) in [6, 6.07) is 7.18. The van der Waals surface area contributed by atoms with Gasteiger partial charge in [0.05, 0.1) is 27.4 Å². The fraction of sp³-hybridized carbons (Fsp3) is 0.100. The maximum atomic E-state index is 13.0. The molecule has 6 nitrogen and oxygen atoms in total. The standard InChI is InChI=1S/C13H7F6NO3S.C7H5Cl2NO/c14-12(15,16)7-1-3-9(10(5-7)13(17,18)19)11-4-2-8(6-20-11)24(21,22)23;8-4-1-2-5(7(10)11)6(9)3-4/h1-6H,(H,21,22,23);1-3H,(H2,10,11). The van der Waals surface area contributed by atoms with Crippen molar-refractivity contribution in [3.05, 3.63) is 81.5 Å². The lowest BCUT2D eigenvalue weighted by Gasteiger charge is -2.15. The van der Waals surface area contributed by atoms with Gasteiger partial charge in [0, 0.05) is 16.8 Å². The molecule has 15 heteroatoms. The summed E-state index contributed by atoms with van der Waals surface area (Å²) in [7, 11) is -4.60. The second-order valence-electron chi connectivity index (χ2n) is 6.60. The predicted molar refractivity (Wildman–Crippen MR) is 114 cm³/mol. The summed E-state index contributed by atoms with van der Waals surface area (Å²) in [6.45, 7) is 0. The van der Waals surface area contributed by atoms with Crippen LogP contribution in [0.5, 0.6) is 0 Å². The van der Waals surface area contributed by atoms with Gasteiger partial charge in [0.15, 0.2) is 0 Å². The number of aromatic nitrogens is 1. The summed E-state index contributed by atoms with van der Waals surface area (Å²) in [4.78, 5) is 13.4. The molecule has 0 saturated heterocycles. The van der Waals surface area contributed by atoms with Crippen LogP contribution < -0.4 is 5.73 Å². The number of carbonyl (C=O) groups is 1. The zero-order chi connectivity index (χ0) is 26.8. The molecule has 0 radical (unpaired) electrons. The van der Waals surface area contributed by atoms with E-state index in [1.54, 1.807) is 6.07 Å². The lowest BCUT2D eigenvalue weighted by molar-refractivity contribution is -0.142. The number of halogens is 8. The first kappa shape index (κ1) is 28.4. The normalized spacial score (nSPS) is 12.0. The summed E-state index contributed by atoms with van der Waals surface area (Å²) in [5.41, 5.74) is 1.19. The molecule has 3 N–H and O–H groups in total. The van der Waals surface area contributed by atoms with E-state index < -0.39 is 55.7 Å². The molecule has 188 valence electrons. The average Bonchev–Trinajstić information content (AvgIpc) is 2.71. The van der Waals surface area contributed by atoms with E-state index >= 15 is 0 Å². The van der Waals surface area contributed by atoms with Gasteiger partial charge in [-0.05, 0) is 42.5 Å². The van der Waals surface area contributed by atoms with Crippen molar-refractivity contribution >= 4 is 39.2 Å². The average molecular weight is 561 g/mol. The topological polar surface area (TPSA) is 110 Å². The van der Waals surface area contributed by atoms with Crippen molar-refractivity contribution in [2.45, 2.75) is 17.2 Å². The minimum atomic E-state index is -5.08. The van der Waals surface area contributed by atoms with Gasteiger partial charge in [-0.15, -0.1) is 0 Å². The molecule has 35 heavy (non-hydrogen) atoms. The maximum absolute atomic E-state index is 13.0. The number of hydrogen-bond donors (Lipinski definition) is 2. The molecule has 2 aromatic carbocycles. The Bertz CT molecular complexity index is 1350. The molecule has 0 bridgehead atoms. The first-order chi connectivity index (χ1) is 15.9. The van der Waals surface area contributed by atoms with Gasteiger partial charge >= 0.3 is 12.4 Å². The van der Waals surface area contributed by atoms with Crippen LogP contribution >= 0.6 is 23.2 Å². The SMILES string of the molecule is NC(=O)c1ccc(Cl)cc1Cl.O=S(=O)(O)c1ccc(-c2ccc(C(F)(F)F)cc2C(F)(F)F)nc1. The third-order valence-corrected chi connectivity index (χ3v) is 5.54. The van der Waals surface area contributed by atoms with Gasteiger partial charge in [-0.2, -0.15) is 34.8 Å². The minimum absolute atomic E-state index is 0.0479. The summed E-state index contributed by atoms with van der Waals surface area (Å²) in [5, 5.41) is 0.769. The van der Waals surface area contributed by atoms with Crippen molar-refractivity contribution in [1.29, 1.82) is 0 Å². The highest BCUT2D eigenvalue weighted by Gasteiger charge is 2.38. The molecule has 1 heterocycles. The Hall–Kier alpha value is -2.87. The van der Waals surface area contributed by atoms with Gasteiger partial charge in [-0.25, -0.2) is 0 Å². The molecule has 0 spiro atoms. The molecule has 0 saturated carbocycles. The van der Waals surface area contributed by atoms with Crippen molar-refractivity contribution < 1.29 is 44.1 Å².